The molecule has 0 atom stereocenters. The lowest BCUT2D eigenvalue weighted by molar-refractivity contribution is 0.00553. The first-order valence-corrected chi connectivity index (χ1v) is 13.3. The molecule has 1 aromatic heterocycles. The van der Waals surface area contributed by atoms with E-state index in [1.54, 1.807) is 25.7 Å². The van der Waals surface area contributed by atoms with E-state index in [0.29, 0.717) is 31.3 Å². The van der Waals surface area contributed by atoms with E-state index in [0.717, 1.165) is 31.2 Å². The number of aromatic hydroxyl groups is 1. The van der Waals surface area contributed by atoms with Crippen molar-refractivity contribution < 1.29 is 28.9 Å². The van der Waals surface area contributed by atoms with Gasteiger partial charge in [0.2, 0.25) is 5.75 Å². The molecule has 38 heavy (non-hydrogen) atoms. The van der Waals surface area contributed by atoms with Crippen molar-refractivity contribution in [1.29, 1.82) is 0 Å². The maximum absolute atomic E-state index is 12.9. The van der Waals surface area contributed by atoms with Gasteiger partial charge in [-0.25, -0.2) is 14.6 Å². The standard InChI is InChI=1S/C29H41N3O6/c1-28(2,3)37-26(34)23-24(36-19-21-11-8-7-9-12-21)25(33)31-22(30-23)14-10-13-20-15-17-32(18-16-20)27(35)38-29(4,5)6/h7-9,11-12,20H,10,13-19H2,1-6H3,(H,30,31,33). The zero-order valence-corrected chi connectivity index (χ0v) is 23.5. The van der Waals surface area contributed by atoms with Gasteiger partial charge in [-0.2, -0.15) is 4.98 Å². The number of carbonyl (C=O) groups is 2. The summed E-state index contributed by atoms with van der Waals surface area (Å²) in [6.45, 7) is 12.4. The molecule has 0 spiro atoms. The summed E-state index contributed by atoms with van der Waals surface area (Å²) in [5.74, 6) is -0.296. The molecular weight excluding hydrogens is 486 g/mol. The predicted molar refractivity (Wildman–Crippen MR) is 143 cm³/mol. The van der Waals surface area contributed by atoms with Crippen molar-refractivity contribution in [2.75, 3.05) is 13.1 Å². The van der Waals surface area contributed by atoms with Crippen molar-refractivity contribution in [2.45, 2.75) is 91.5 Å². The Hall–Kier alpha value is -3.36. The number of benzene rings is 1. The fourth-order valence-corrected chi connectivity index (χ4v) is 4.20. The van der Waals surface area contributed by atoms with Crippen molar-refractivity contribution in [3.05, 3.63) is 47.4 Å². The number of aromatic nitrogens is 2. The van der Waals surface area contributed by atoms with Gasteiger partial charge < -0.3 is 24.2 Å². The van der Waals surface area contributed by atoms with Gasteiger partial charge in [0, 0.05) is 19.5 Å². The first-order chi connectivity index (χ1) is 17.8. The van der Waals surface area contributed by atoms with Gasteiger partial charge in [0.05, 0.1) is 0 Å². The second-order valence-corrected chi connectivity index (χ2v) is 11.7. The Labute approximate surface area is 225 Å². The number of piperidine rings is 1. The summed E-state index contributed by atoms with van der Waals surface area (Å²) >= 11 is 0. The lowest BCUT2D eigenvalue weighted by Gasteiger charge is -2.33. The Morgan fingerprint density at radius 3 is 2.21 bits per heavy atom. The largest absolute Gasteiger partial charge is 0.491 e. The second kappa shape index (κ2) is 12.5. The highest BCUT2D eigenvalue weighted by Crippen LogP contribution is 2.31. The van der Waals surface area contributed by atoms with E-state index >= 15 is 0 Å². The van der Waals surface area contributed by atoms with Crippen LogP contribution in [-0.2, 0) is 22.5 Å². The summed E-state index contributed by atoms with van der Waals surface area (Å²) in [7, 11) is 0. The van der Waals surface area contributed by atoms with Crippen LogP contribution in [0, 0.1) is 5.92 Å². The van der Waals surface area contributed by atoms with Crippen molar-refractivity contribution in [1.82, 2.24) is 14.9 Å². The van der Waals surface area contributed by atoms with Gasteiger partial charge in [0.1, 0.15) is 23.6 Å². The van der Waals surface area contributed by atoms with E-state index in [1.807, 2.05) is 51.1 Å². The van der Waals surface area contributed by atoms with Crippen LogP contribution in [0.25, 0.3) is 0 Å². The highest BCUT2D eigenvalue weighted by molar-refractivity contribution is 5.91. The maximum atomic E-state index is 12.9. The fourth-order valence-electron chi connectivity index (χ4n) is 4.20. The highest BCUT2D eigenvalue weighted by Gasteiger charge is 2.28. The number of rotatable bonds is 8. The number of likely N-dealkylation sites (tertiary alicyclic amines) is 1. The molecular formula is C29H41N3O6. The van der Waals surface area contributed by atoms with Crippen LogP contribution in [0.1, 0.15) is 89.1 Å². The van der Waals surface area contributed by atoms with E-state index in [2.05, 4.69) is 9.97 Å². The molecule has 1 amide bonds. The van der Waals surface area contributed by atoms with Crippen molar-refractivity contribution in [3.63, 3.8) is 0 Å². The molecule has 1 aliphatic heterocycles. The van der Waals surface area contributed by atoms with Gasteiger partial charge in [0.25, 0.3) is 5.88 Å². The van der Waals surface area contributed by atoms with Crippen LogP contribution in [0.4, 0.5) is 4.79 Å². The molecule has 208 valence electrons. The van der Waals surface area contributed by atoms with E-state index < -0.39 is 17.2 Å². The van der Waals surface area contributed by atoms with Crippen LogP contribution in [-0.4, -0.2) is 56.3 Å². The van der Waals surface area contributed by atoms with Gasteiger partial charge in [-0.3, -0.25) is 0 Å². The van der Waals surface area contributed by atoms with Gasteiger partial charge in [-0.05, 0) is 78.7 Å². The molecule has 0 bridgehead atoms. The summed E-state index contributed by atoms with van der Waals surface area (Å²) in [4.78, 5) is 35.7. The Kier molecular flexibility index (Phi) is 9.57. The molecule has 9 heteroatoms. The number of hydrogen-bond acceptors (Lipinski definition) is 8. The van der Waals surface area contributed by atoms with E-state index in [4.69, 9.17) is 14.2 Å². The molecule has 0 saturated carbocycles. The van der Waals surface area contributed by atoms with E-state index in [9.17, 15) is 14.7 Å². The third-order valence-corrected chi connectivity index (χ3v) is 5.99. The van der Waals surface area contributed by atoms with Crippen LogP contribution < -0.4 is 4.74 Å². The van der Waals surface area contributed by atoms with Gasteiger partial charge in [-0.1, -0.05) is 30.3 Å². The smallest absolute Gasteiger partial charge is 0.410 e. The Balaban J connectivity index is 1.61. The minimum Gasteiger partial charge on any atom is -0.491 e. The van der Waals surface area contributed by atoms with Crippen LogP contribution in [0.3, 0.4) is 0 Å². The van der Waals surface area contributed by atoms with Crippen molar-refractivity contribution >= 4 is 12.1 Å². The lowest BCUT2D eigenvalue weighted by atomic mass is 9.91. The summed E-state index contributed by atoms with van der Waals surface area (Å²) < 4.78 is 16.8. The number of ether oxygens (including phenoxy) is 3. The number of amides is 1. The molecule has 1 fully saturated rings. The van der Waals surface area contributed by atoms with Crippen molar-refractivity contribution in [2.24, 2.45) is 5.92 Å². The molecule has 2 heterocycles. The van der Waals surface area contributed by atoms with Crippen LogP contribution >= 0.6 is 0 Å². The average molecular weight is 528 g/mol. The Morgan fingerprint density at radius 1 is 0.974 bits per heavy atom. The number of hydrogen-bond donors (Lipinski definition) is 1. The molecule has 0 aliphatic carbocycles. The molecule has 0 unspecified atom stereocenters. The van der Waals surface area contributed by atoms with E-state index in [-0.39, 0.29) is 30.0 Å². The Bertz CT molecular complexity index is 1080. The topological polar surface area (TPSA) is 111 Å². The lowest BCUT2D eigenvalue weighted by Crippen LogP contribution is -2.41. The molecule has 3 rings (SSSR count). The summed E-state index contributed by atoms with van der Waals surface area (Å²) in [5, 5.41) is 10.7. The highest BCUT2D eigenvalue weighted by atomic mass is 16.6. The summed E-state index contributed by atoms with van der Waals surface area (Å²) in [5.41, 5.74) is -0.435. The number of carbonyl (C=O) groups excluding carboxylic acids is 2. The summed E-state index contributed by atoms with van der Waals surface area (Å²) in [6.07, 6.45) is 3.76. The van der Waals surface area contributed by atoms with Gasteiger partial charge in [-0.15, -0.1) is 0 Å². The van der Waals surface area contributed by atoms with Crippen LogP contribution in [0.5, 0.6) is 11.6 Å². The normalized spacial score (nSPS) is 14.7. The van der Waals surface area contributed by atoms with Crippen molar-refractivity contribution in [3.8, 4) is 11.6 Å². The predicted octanol–water partition coefficient (Wildman–Crippen LogP) is 5.69. The number of esters is 1. The third kappa shape index (κ3) is 9.19. The van der Waals surface area contributed by atoms with Crippen LogP contribution in [0.2, 0.25) is 0 Å². The maximum Gasteiger partial charge on any atom is 0.410 e. The molecule has 1 aliphatic rings. The molecule has 0 radical (unpaired) electrons. The average Bonchev–Trinajstić information content (AvgIpc) is 2.82. The molecule has 1 N–H and O–H groups in total. The second-order valence-electron chi connectivity index (χ2n) is 11.7. The molecule has 1 aromatic carbocycles. The molecule has 9 nitrogen and oxygen atoms in total. The fraction of sp³-hybridized carbons (Fsp3) is 0.586. The zero-order chi connectivity index (χ0) is 27.9. The molecule has 2 aromatic rings. The minimum absolute atomic E-state index is 0.0796. The first-order valence-electron chi connectivity index (χ1n) is 13.3. The number of nitrogens with zero attached hydrogens (tertiary/aromatic N) is 3. The zero-order valence-electron chi connectivity index (χ0n) is 23.5. The quantitative estimate of drug-likeness (QED) is 0.436. The SMILES string of the molecule is CC(C)(C)OC(=O)c1nc(CCCC2CCN(C(=O)OC(C)(C)C)CC2)nc(O)c1OCc1ccccc1. The third-order valence-electron chi connectivity index (χ3n) is 5.99. The Morgan fingerprint density at radius 2 is 1.61 bits per heavy atom. The van der Waals surface area contributed by atoms with Gasteiger partial charge in [0.15, 0.2) is 5.69 Å². The number of aryl methyl sites for hydroxylation is 1. The van der Waals surface area contributed by atoms with Gasteiger partial charge >= 0.3 is 12.1 Å². The summed E-state index contributed by atoms with van der Waals surface area (Å²) in [6, 6.07) is 9.44. The minimum atomic E-state index is -0.733. The van der Waals surface area contributed by atoms with E-state index in [1.165, 1.54) is 0 Å². The monoisotopic (exact) mass is 527 g/mol. The first kappa shape index (κ1) is 29.2. The van der Waals surface area contributed by atoms with Crippen LogP contribution in [0.15, 0.2) is 30.3 Å². The molecule has 1 saturated heterocycles.